The van der Waals surface area contributed by atoms with Gasteiger partial charge in [0, 0.05) is 55.1 Å². The fraction of sp³-hybridized carbons (Fsp3) is 0.353. The van der Waals surface area contributed by atoms with Crippen molar-refractivity contribution in [3.63, 3.8) is 0 Å². The molecule has 1 saturated heterocycles. The highest BCUT2D eigenvalue weighted by Gasteiger charge is 2.35. The first-order valence-corrected chi connectivity index (χ1v) is 16.2. The maximum atomic E-state index is 13.1. The largest absolute Gasteiger partial charge is 0.481 e. The fourth-order valence-corrected chi connectivity index (χ4v) is 7.03. The molecule has 3 aliphatic rings. The number of carbonyl (C=O) groups excluding carboxylic acids is 3. The lowest BCUT2D eigenvalue weighted by Crippen LogP contribution is -2.51. The van der Waals surface area contributed by atoms with Crippen molar-refractivity contribution in [1.82, 2.24) is 25.4 Å². The first kappa shape index (κ1) is 33.7. The minimum absolute atomic E-state index is 0.0283. The van der Waals surface area contributed by atoms with E-state index in [1.807, 2.05) is 24.3 Å². The molecule has 2 aromatic carbocycles. The SMILES string of the molecule is COc1nc(-c2cccc(-c3cccc(NC(=O)C4=CN(C)C(O)N(C)C4=O)c3Cl)c2Cl)cc2c1[C@@H](NC[C@@H]1COCC(=O)N1)[C@H](C)C2. The number of ether oxygens (including phenoxy) is 2. The van der Waals surface area contributed by atoms with Gasteiger partial charge in [-0.1, -0.05) is 60.5 Å². The van der Waals surface area contributed by atoms with E-state index in [2.05, 4.69) is 22.9 Å². The number of halogens is 2. The van der Waals surface area contributed by atoms with Gasteiger partial charge in [0.25, 0.3) is 11.8 Å². The summed E-state index contributed by atoms with van der Waals surface area (Å²) in [5.41, 5.74) is 4.71. The molecule has 1 aliphatic carbocycles. The molecule has 4 atom stereocenters. The van der Waals surface area contributed by atoms with Crippen LogP contribution in [-0.4, -0.2) is 91.0 Å². The summed E-state index contributed by atoms with van der Waals surface area (Å²) in [6, 6.07) is 12.6. The minimum Gasteiger partial charge on any atom is -0.481 e. The van der Waals surface area contributed by atoms with Gasteiger partial charge in [-0.2, -0.15) is 0 Å². The number of hydrogen-bond donors (Lipinski definition) is 4. The van der Waals surface area contributed by atoms with E-state index in [1.54, 1.807) is 32.4 Å². The number of fused-ring (bicyclic) bond motifs is 1. The summed E-state index contributed by atoms with van der Waals surface area (Å²) < 4.78 is 11.2. The monoisotopic (exact) mass is 694 g/mol. The lowest BCUT2D eigenvalue weighted by molar-refractivity contribution is -0.149. The van der Waals surface area contributed by atoms with E-state index in [1.165, 1.54) is 18.1 Å². The van der Waals surface area contributed by atoms with Gasteiger partial charge in [0.2, 0.25) is 18.1 Å². The number of nitrogens with zero attached hydrogens (tertiary/aromatic N) is 3. The average molecular weight is 696 g/mol. The van der Waals surface area contributed by atoms with Crippen LogP contribution in [-0.2, 0) is 25.5 Å². The molecule has 14 heteroatoms. The van der Waals surface area contributed by atoms with E-state index in [4.69, 9.17) is 37.7 Å². The molecule has 3 heterocycles. The van der Waals surface area contributed by atoms with Gasteiger partial charge in [0.1, 0.15) is 12.2 Å². The Hall–Kier alpha value is -4.20. The molecular formula is C34H36Cl2N6O6. The summed E-state index contributed by atoms with van der Waals surface area (Å²) in [5, 5.41) is 20.0. The maximum Gasteiger partial charge on any atom is 0.264 e. The van der Waals surface area contributed by atoms with E-state index in [0.717, 1.165) is 22.4 Å². The van der Waals surface area contributed by atoms with Gasteiger partial charge in [-0.05, 0) is 30.0 Å². The standard InChI is InChI=1S/C34H36Cl2N6O6/c1-17-11-18-12-25(40-32(47-4)27(18)30(17)37-13-19-15-48-16-26(43)38-19)22-9-5-7-20(28(22)35)21-8-6-10-24(29(21)36)39-31(44)23-14-41(2)34(46)42(3)33(23)45/h5-10,12,14,17,19,30,34,37,46H,11,13,15-16H2,1-4H3,(H,38,43)(H,39,44)/t17-,19-,30+,34?/m1/s1. The summed E-state index contributed by atoms with van der Waals surface area (Å²) in [4.78, 5) is 44.9. The number of morpholine rings is 1. The predicted molar refractivity (Wildman–Crippen MR) is 181 cm³/mol. The zero-order valence-electron chi connectivity index (χ0n) is 26.8. The number of aliphatic hydroxyl groups excluding tert-OH is 1. The van der Waals surface area contributed by atoms with Crippen molar-refractivity contribution in [3.05, 3.63) is 75.4 Å². The summed E-state index contributed by atoms with van der Waals surface area (Å²) in [5.74, 6) is -0.673. The molecular weight excluding hydrogens is 659 g/mol. The molecule has 3 aromatic rings. The topological polar surface area (TPSA) is 145 Å². The number of aliphatic hydroxyl groups is 1. The predicted octanol–water partition coefficient (Wildman–Crippen LogP) is 3.57. The van der Waals surface area contributed by atoms with Crippen molar-refractivity contribution in [2.24, 2.45) is 5.92 Å². The lowest BCUT2D eigenvalue weighted by atomic mass is 9.99. The van der Waals surface area contributed by atoms with Crippen LogP contribution in [0.3, 0.4) is 0 Å². The maximum absolute atomic E-state index is 13.1. The third-order valence-corrected chi connectivity index (χ3v) is 9.69. The number of amides is 3. The molecule has 1 fully saturated rings. The van der Waals surface area contributed by atoms with Gasteiger partial charge < -0.3 is 35.4 Å². The Labute approximate surface area is 288 Å². The molecule has 3 amide bonds. The van der Waals surface area contributed by atoms with E-state index in [-0.39, 0.29) is 46.8 Å². The van der Waals surface area contributed by atoms with Crippen LogP contribution >= 0.6 is 23.2 Å². The number of aromatic nitrogens is 1. The Balaban J connectivity index is 1.28. The molecule has 6 rings (SSSR count). The molecule has 1 unspecified atom stereocenters. The van der Waals surface area contributed by atoms with Crippen LogP contribution < -0.4 is 20.7 Å². The van der Waals surface area contributed by atoms with Crippen molar-refractivity contribution in [2.75, 3.05) is 46.3 Å². The summed E-state index contributed by atoms with van der Waals surface area (Å²) in [6.45, 7) is 3.24. The van der Waals surface area contributed by atoms with Crippen LogP contribution in [0.15, 0.2) is 54.2 Å². The normalized spacial score (nSPS) is 22.3. The molecule has 0 radical (unpaired) electrons. The fourth-order valence-electron chi connectivity index (χ4n) is 6.43. The van der Waals surface area contributed by atoms with Gasteiger partial charge >= 0.3 is 0 Å². The molecule has 0 bridgehead atoms. The second-order valence-corrected chi connectivity index (χ2v) is 13.0. The lowest BCUT2D eigenvalue weighted by Gasteiger charge is -2.35. The number of anilines is 1. The smallest absolute Gasteiger partial charge is 0.264 e. The Morgan fingerprint density at radius 1 is 1.12 bits per heavy atom. The first-order chi connectivity index (χ1) is 23.0. The van der Waals surface area contributed by atoms with Crippen LogP contribution in [0.2, 0.25) is 10.0 Å². The van der Waals surface area contributed by atoms with Gasteiger partial charge in [-0.25, -0.2) is 4.98 Å². The zero-order chi connectivity index (χ0) is 34.3. The highest BCUT2D eigenvalue weighted by atomic mass is 35.5. The second kappa shape index (κ2) is 13.7. The van der Waals surface area contributed by atoms with Crippen molar-refractivity contribution < 1.29 is 29.0 Å². The number of rotatable bonds is 8. The van der Waals surface area contributed by atoms with E-state index < -0.39 is 18.2 Å². The zero-order valence-corrected chi connectivity index (χ0v) is 28.4. The van der Waals surface area contributed by atoms with Crippen LogP contribution in [0.25, 0.3) is 22.4 Å². The second-order valence-electron chi connectivity index (χ2n) is 12.2. The van der Waals surface area contributed by atoms with E-state index >= 15 is 0 Å². The third kappa shape index (κ3) is 6.34. The molecule has 4 N–H and O–H groups in total. The molecule has 1 aromatic heterocycles. The summed E-state index contributed by atoms with van der Waals surface area (Å²) >= 11 is 13.9. The number of hydrogen-bond acceptors (Lipinski definition) is 9. The Kier molecular flexibility index (Phi) is 9.64. The van der Waals surface area contributed by atoms with Gasteiger partial charge in [-0.3, -0.25) is 19.3 Å². The molecule has 2 aliphatic heterocycles. The van der Waals surface area contributed by atoms with Gasteiger partial charge in [-0.15, -0.1) is 0 Å². The Bertz CT molecular complexity index is 1820. The van der Waals surface area contributed by atoms with Crippen molar-refractivity contribution in [2.45, 2.75) is 31.8 Å². The first-order valence-electron chi connectivity index (χ1n) is 15.4. The summed E-state index contributed by atoms with van der Waals surface area (Å²) in [6.07, 6.45) is 0.910. The van der Waals surface area contributed by atoms with Crippen molar-refractivity contribution >= 4 is 46.6 Å². The highest BCUT2D eigenvalue weighted by molar-refractivity contribution is 6.40. The van der Waals surface area contributed by atoms with Crippen LogP contribution in [0, 0.1) is 5.92 Å². The Morgan fingerprint density at radius 3 is 2.56 bits per heavy atom. The molecule has 0 saturated carbocycles. The molecule has 48 heavy (non-hydrogen) atoms. The van der Waals surface area contributed by atoms with E-state index in [0.29, 0.717) is 46.4 Å². The number of pyridine rings is 1. The molecule has 0 spiro atoms. The van der Waals surface area contributed by atoms with Crippen molar-refractivity contribution in [1.29, 1.82) is 0 Å². The summed E-state index contributed by atoms with van der Waals surface area (Å²) in [7, 11) is 4.55. The number of carbonyl (C=O) groups is 3. The number of benzene rings is 2. The van der Waals surface area contributed by atoms with Crippen LogP contribution in [0.4, 0.5) is 5.69 Å². The van der Waals surface area contributed by atoms with E-state index in [9.17, 15) is 19.5 Å². The van der Waals surface area contributed by atoms with Crippen molar-refractivity contribution in [3.8, 4) is 28.3 Å². The molecule has 12 nitrogen and oxygen atoms in total. The minimum atomic E-state index is -1.18. The van der Waals surface area contributed by atoms with Gasteiger partial charge in [0.15, 0.2) is 0 Å². The van der Waals surface area contributed by atoms with Gasteiger partial charge in [0.05, 0.1) is 41.2 Å². The van der Waals surface area contributed by atoms with Crippen LogP contribution in [0.5, 0.6) is 5.88 Å². The number of nitrogens with one attached hydrogen (secondary N) is 3. The molecule has 252 valence electrons. The highest BCUT2D eigenvalue weighted by Crippen LogP contribution is 2.45. The van der Waals surface area contributed by atoms with Crippen LogP contribution in [0.1, 0.15) is 24.1 Å². The Morgan fingerprint density at radius 2 is 1.83 bits per heavy atom. The number of methoxy groups -OCH3 is 1. The average Bonchev–Trinajstić information content (AvgIpc) is 3.39. The third-order valence-electron chi connectivity index (χ3n) is 8.88. The quantitative estimate of drug-likeness (QED) is 0.260. The number of likely N-dealkylation sites (N-methyl/N-ethyl adjacent to an activating group) is 1.